The molecule has 0 aliphatic rings. The van der Waals surface area contributed by atoms with Crippen LogP contribution in [0.4, 0.5) is 4.79 Å². The number of carbonyl (C=O) groups excluding carboxylic acids is 1. The summed E-state index contributed by atoms with van der Waals surface area (Å²) in [5.74, 6) is 0. The maximum Gasteiger partial charge on any atom is 0.315 e. The topological polar surface area (TPSA) is 54.0 Å². The first-order chi connectivity index (χ1) is 12.3. The summed E-state index contributed by atoms with van der Waals surface area (Å²) in [5, 5.41) is 9.90. The van der Waals surface area contributed by atoms with Gasteiger partial charge in [0.1, 0.15) is 0 Å². The van der Waals surface area contributed by atoms with Gasteiger partial charge in [0, 0.05) is 30.2 Å². The van der Waals surface area contributed by atoms with Gasteiger partial charge in [-0.3, -0.25) is 4.98 Å². The molecule has 3 aromatic rings. The molecule has 0 saturated carbocycles. The van der Waals surface area contributed by atoms with Crippen LogP contribution in [0, 0.1) is 0 Å². The van der Waals surface area contributed by atoms with Crippen molar-refractivity contribution in [3.63, 3.8) is 0 Å². The van der Waals surface area contributed by atoms with Gasteiger partial charge in [-0.2, -0.15) is 11.3 Å². The Hall–Kier alpha value is -2.66. The zero-order chi connectivity index (χ0) is 17.3. The number of benzene rings is 1. The monoisotopic (exact) mass is 351 g/mol. The summed E-state index contributed by atoms with van der Waals surface area (Å²) in [4.78, 5) is 16.3. The molecule has 0 aliphatic heterocycles. The van der Waals surface area contributed by atoms with Crippen molar-refractivity contribution in [2.24, 2.45) is 0 Å². The Morgan fingerprint density at radius 1 is 1.04 bits per heavy atom. The van der Waals surface area contributed by atoms with E-state index in [-0.39, 0.29) is 6.03 Å². The Morgan fingerprint density at radius 2 is 1.92 bits per heavy atom. The molecule has 25 heavy (non-hydrogen) atoms. The van der Waals surface area contributed by atoms with Crippen LogP contribution in [0.2, 0.25) is 0 Å². The van der Waals surface area contributed by atoms with Crippen LogP contribution in [-0.4, -0.2) is 17.6 Å². The minimum absolute atomic E-state index is 0.137. The van der Waals surface area contributed by atoms with Crippen LogP contribution in [0.5, 0.6) is 0 Å². The normalized spacial score (nSPS) is 10.4. The van der Waals surface area contributed by atoms with Gasteiger partial charge in [0.2, 0.25) is 0 Å². The first-order valence-electron chi connectivity index (χ1n) is 8.34. The van der Waals surface area contributed by atoms with Gasteiger partial charge in [0.15, 0.2) is 0 Å². The summed E-state index contributed by atoms with van der Waals surface area (Å²) >= 11 is 1.65. The van der Waals surface area contributed by atoms with E-state index in [4.69, 9.17) is 0 Å². The zero-order valence-corrected chi connectivity index (χ0v) is 14.8. The minimum Gasteiger partial charge on any atom is -0.338 e. The van der Waals surface area contributed by atoms with Gasteiger partial charge in [-0.15, -0.1) is 0 Å². The molecule has 0 spiro atoms. The molecule has 2 aromatic heterocycles. The second-order valence-electron chi connectivity index (χ2n) is 5.76. The average Bonchev–Trinajstić information content (AvgIpc) is 3.19. The maximum atomic E-state index is 11.9. The molecule has 2 heterocycles. The molecule has 1 aromatic carbocycles. The van der Waals surface area contributed by atoms with E-state index in [2.05, 4.69) is 33.1 Å². The third-order valence-electron chi connectivity index (χ3n) is 3.86. The maximum absolute atomic E-state index is 11.9. The van der Waals surface area contributed by atoms with Gasteiger partial charge >= 0.3 is 6.03 Å². The number of nitrogens with one attached hydrogen (secondary N) is 2. The quantitative estimate of drug-likeness (QED) is 0.626. The SMILES string of the molecule is O=C(NCCCc1ccccc1)NCc1ccnc(-c2ccsc2)c1. The van der Waals surface area contributed by atoms with Crippen LogP contribution in [-0.2, 0) is 13.0 Å². The molecule has 4 nitrogen and oxygen atoms in total. The van der Waals surface area contributed by atoms with E-state index in [1.807, 2.05) is 41.8 Å². The molecule has 0 fully saturated rings. The third kappa shape index (κ3) is 5.43. The number of urea groups is 1. The molecule has 5 heteroatoms. The van der Waals surface area contributed by atoms with Crippen molar-refractivity contribution in [3.8, 4) is 11.3 Å². The highest BCUT2D eigenvalue weighted by Crippen LogP contribution is 2.20. The first-order valence-corrected chi connectivity index (χ1v) is 9.29. The lowest BCUT2D eigenvalue weighted by molar-refractivity contribution is 0.240. The summed E-state index contributed by atoms with van der Waals surface area (Å²) in [5.41, 5.74) is 4.37. The lowest BCUT2D eigenvalue weighted by atomic mass is 10.1. The fourth-order valence-electron chi connectivity index (χ4n) is 2.54. The van der Waals surface area contributed by atoms with Crippen molar-refractivity contribution >= 4 is 17.4 Å². The van der Waals surface area contributed by atoms with E-state index in [0.717, 1.165) is 29.7 Å². The molecule has 3 rings (SSSR count). The molecule has 128 valence electrons. The van der Waals surface area contributed by atoms with Crippen LogP contribution in [0.15, 0.2) is 65.5 Å². The number of rotatable bonds is 7. The van der Waals surface area contributed by atoms with Crippen LogP contribution < -0.4 is 10.6 Å². The Balaban J connectivity index is 1.39. The lowest BCUT2D eigenvalue weighted by Crippen LogP contribution is -2.35. The van der Waals surface area contributed by atoms with E-state index in [1.54, 1.807) is 17.5 Å². The molecule has 0 aliphatic carbocycles. The highest BCUT2D eigenvalue weighted by atomic mass is 32.1. The number of nitrogens with zero attached hydrogens (tertiary/aromatic N) is 1. The predicted octanol–water partition coefficient (Wildman–Crippen LogP) is 4.24. The van der Waals surface area contributed by atoms with Crippen molar-refractivity contribution in [1.82, 2.24) is 15.6 Å². The number of amides is 2. The molecule has 0 atom stereocenters. The van der Waals surface area contributed by atoms with Gasteiger partial charge in [-0.1, -0.05) is 30.3 Å². The average molecular weight is 351 g/mol. The second kappa shape index (κ2) is 8.99. The fourth-order valence-corrected chi connectivity index (χ4v) is 3.19. The van der Waals surface area contributed by atoms with Crippen molar-refractivity contribution < 1.29 is 4.79 Å². The van der Waals surface area contributed by atoms with Gasteiger partial charge < -0.3 is 10.6 Å². The Kier molecular flexibility index (Phi) is 6.17. The largest absolute Gasteiger partial charge is 0.338 e. The molecule has 0 unspecified atom stereocenters. The molecular weight excluding hydrogens is 330 g/mol. The Bertz CT molecular complexity index is 788. The van der Waals surface area contributed by atoms with Crippen molar-refractivity contribution in [2.45, 2.75) is 19.4 Å². The van der Waals surface area contributed by atoms with Crippen LogP contribution in [0.1, 0.15) is 17.5 Å². The van der Waals surface area contributed by atoms with Crippen molar-refractivity contribution in [3.05, 3.63) is 76.6 Å². The zero-order valence-electron chi connectivity index (χ0n) is 13.9. The summed E-state index contributed by atoms with van der Waals surface area (Å²) < 4.78 is 0. The van der Waals surface area contributed by atoms with Crippen LogP contribution >= 0.6 is 11.3 Å². The molecule has 2 amide bonds. The van der Waals surface area contributed by atoms with Crippen LogP contribution in [0.3, 0.4) is 0 Å². The van der Waals surface area contributed by atoms with E-state index in [1.165, 1.54) is 5.56 Å². The molecule has 0 bridgehead atoms. The summed E-state index contributed by atoms with van der Waals surface area (Å²) in [6.45, 7) is 1.15. The fraction of sp³-hybridized carbons (Fsp3) is 0.200. The lowest BCUT2D eigenvalue weighted by Gasteiger charge is -2.08. The number of pyridine rings is 1. The third-order valence-corrected chi connectivity index (χ3v) is 4.55. The number of thiophene rings is 1. The number of hydrogen-bond acceptors (Lipinski definition) is 3. The minimum atomic E-state index is -0.137. The van der Waals surface area contributed by atoms with E-state index in [0.29, 0.717) is 13.1 Å². The summed E-state index contributed by atoms with van der Waals surface area (Å²) in [6.07, 6.45) is 3.67. The molecule has 0 radical (unpaired) electrons. The smallest absolute Gasteiger partial charge is 0.315 e. The molecule has 0 saturated heterocycles. The Morgan fingerprint density at radius 3 is 2.72 bits per heavy atom. The van der Waals surface area contributed by atoms with Gasteiger partial charge in [0.25, 0.3) is 0 Å². The second-order valence-corrected chi connectivity index (χ2v) is 6.54. The summed E-state index contributed by atoms with van der Waals surface area (Å²) in [7, 11) is 0. The van der Waals surface area contributed by atoms with Gasteiger partial charge in [0.05, 0.1) is 5.69 Å². The van der Waals surface area contributed by atoms with Crippen molar-refractivity contribution in [2.75, 3.05) is 6.54 Å². The predicted molar refractivity (Wildman–Crippen MR) is 103 cm³/mol. The Labute approximate surface area is 151 Å². The summed E-state index contributed by atoms with van der Waals surface area (Å²) in [6, 6.07) is 16.1. The molecule has 2 N–H and O–H groups in total. The van der Waals surface area contributed by atoms with E-state index >= 15 is 0 Å². The number of carbonyl (C=O) groups is 1. The van der Waals surface area contributed by atoms with Crippen molar-refractivity contribution in [1.29, 1.82) is 0 Å². The first kappa shape index (κ1) is 17.2. The standard InChI is InChI=1S/C20H21N3OS/c24-20(22-10-4-7-16-5-2-1-3-6-16)23-14-17-8-11-21-19(13-17)18-9-12-25-15-18/h1-3,5-6,8-9,11-13,15H,4,7,10,14H2,(H2,22,23,24). The number of hydrogen-bond donors (Lipinski definition) is 2. The highest BCUT2D eigenvalue weighted by molar-refractivity contribution is 7.08. The van der Waals surface area contributed by atoms with Gasteiger partial charge in [-0.05, 0) is 47.5 Å². The van der Waals surface area contributed by atoms with Gasteiger partial charge in [-0.25, -0.2) is 4.79 Å². The molecular formula is C20H21N3OS. The van der Waals surface area contributed by atoms with Crippen LogP contribution in [0.25, 0.3) is 11.3 Å². The number of aryl methyl sites for hydroxylation is 1. The number of aromatic nitrogens is 1. The highest BCUT2D eigenvalue weighted by Gasteiger charge is 2.03. The van der Waals surface area contributed by atoms with E-state index in [9.17, 15) is 4.79 Å². The van der Waals surface area contributed by atoms with E-state index < -0.39 is 0 Å².